The smallest absolute Gasteiger partial charge is 0.339 e. The number of benzene rings is 1. The maximum Gasteiger partial charge on any atom is 0.339 e. The van der Waals surface area contributed by atoms with E-state index in [-0.39, 0.29) is 22.0 Å². The number of carbonyl (C=O) groups is 1. The third-order valence-corrected chi connectivity index (χ3v) is 1.88. The van der Waals surface area contributed by atoms with Gasteiger partial charge in [-0.05, 0) is 6.07 Å². The fraction of sp³-hybridized carbons (Fsp3) is 0.125. The summed E-state index contributed by atoms with van der Waals surface area (Å²) in [5.41, 5.74) is 5.66. The number of ether oxygens (including phenoxy) is 1. The number of hydrogen-bond donors (Lipinski definition) is 2. The summed E-state index contributed by atoms with van der Waals surface area (Å²) in [6.07, 6.45) is 0. The van der Waals surface area contributed by atoms with Gasteiger partial charge in [0.25, 0.3) is 0 Å². The van der Waals surface area contributed by atoms with Gasteiger partial charge in [-0.15, -0.1) is 0 Å². The molecule has 1 rings (SSSR count). The van der Waals surface area contributed by atoms with E-state index >= 15 is 0 Å². The van der Waals surface area contributed by atoms with Crippen LogP contribution in [0.3, 0.4) is 0 Å². The van der Waals surface area contributed by atoms with Gasteiger partial charge in [-0.1, -0.05) is 11.6 Å². The monoisotopic (exact) mass is 201 g/mol. The lowest BCUT2D eigenvalue weighted by Crippen LogP contribution is -2.02. The molecule has 0 atom stereocenters. The number of methoxy groups -OCH3 is 1. The van der Waals surface area contributed by atoms with Crippen molar-refractivity contribution < 1.29 is 14.6 Å². The maximum atomic E-state index is 10.7. The second-order valence-corrected chi connectivity index (χ2v) is 2.79. The topological polar surface area (TPSA) is 72.5 Å². The molecule has 0 amide bonds. The van der Waals surface area contributed by atoms with Crippen LogP contribution in [0.4, 0.5) is 5.69 Å². The molecular weight excluding hydrogens is 194 g/mol. The van der Waals surface area contributed by atoms with Crippen LogP contribution >= 0.6 is 11.6 Å². The Morgan fingerprint density at radius 1 is 1.62 bits per heavy atom. The molecule has 4 nitrogen and oxygen atoms in total. The molecule has 0 fully saturated rings. The molecule has 0 saturated carbocycles. The SMILES string of the molecule is COc1cc(Cl)c(N)cc1C(=O)O. The number of nitrogen functional groups attached to an aromatic ring is 1. The molecule has 5 heteroatoms. The van der Waals surface area contributed by atoms with Gasteiger partial charge in [-0.3, -0.25) is 0 Å². The van der Waals surface area contributed by atoms with E-state index in [1.165, 1.54) is 19.2 Å². The van der Waals surface area contributed by atoms with Crippen LogP contribution in [-0.4, -0.2) is 18.2 Å². The summed E-state index contributed by atoms with van der Waals surface area (Å²) in [7, 11) is 1.37. The second-order valence-electron chi connectivity index (χ2n) is 2.38. The second kappa shape index (κ2) is 3.53. The zero-order valence-electron chi connectivity index (χ0n) is 6.87. The van der Waals surface area contributed by atoms with Crippen LogP contribution in [0.5, 0.6) is 5.75 Å². The van der Waals surface area contributed by atoms with Gasteiger partial charge in [0.05, 0.1) is 17.8 Å². The van der Waals surface area contributed by atoms with E-state index in [1.807, 2.05) is 0 Å². The highest BCUT2D eigenvalue weighted by atomic mass is 35.5. The van der Waals surface area contributed by atoms with E-state index < -0.39 is 5.97 Å². The van der Waals surface area contributed by atoms with E-state index in [4.69, 9.17) is 27.2 Å². The fourth-order valence-electron chi connectivity index (χ4n) is 0.908. The van der Waals surface area contributed by atoms with Crippen molar-refractivity contribution in [2.75, 3.05) is 12.8 Å². The van der Waals surface area contributed by atoms with Crippen molar-refractivity contribution in [3.05, 3.63) is 22.7 Å². The van der Waals surface area contributed by atoms with E-state index in [1.54, 1.807) is 0 Å². The Morgan fingerprint density at radius 2 is 2.23 bits per heavy atom. The number of aromatic carboxylic acids is 1. The molecule has 1 aromatic rings. The van der Waals surface area contributed by atoms with Gasteiger partial charge in [0.2, 0.25) is 0 Å². The fourth-order valence-corrected chi connectivity index (χ4v) is 1.06. The summed E-state index contributed by atoms with van der Waals surface area (Å²) < 4.78 is 4.82. The zero-order valence-corrected chi connectivity index (χ0v) is 7.63. The van der Waals surface area contributed by atoms with Crippen molar-refractivity contribution in [3.63, 3.8) is 0 Å². The van der Waals surface area contributed by atoms with E-state index in [0.29, 0.717) is 0 Å². The first kappa shape index (κ1) is 9.67. The van der Waals surface area contributed by atoms with E-state index in [9.17, 15) is 4.79 Å². The number of halogens is 1. The van der Waals surface area contributed by atoms with Crippen LogP contribution < -0.4 is 10.5 Å². The molecule has 13 heavy (non-hydrogen) atoms. The lowest BCUT2D eigenvalue weighted by atomic mass is 10.2. The van der Waals surface area contributed by atoms with Gasteiger partial charge in [-0.2, -0.15) is 0 Å². The molecule has 0 aliphatic rings. The molecule has 0 aliphatic carbocycles. The molecule has 0 unspecified atom stereocenters. The van der Waals surface area contributed by atoms with Crippen LogP contribution in [0.2, 0.25) is 5.02 Å². The average Bonchev–Trinajstić information content (AvgIpc) is 2.08. The van der Waals surface area contributed by atoms with E-state index in [2.05, 4.69) is 0 Å². The standard InChI is InChI=1S/C8H8ClNO3/c1-13-7-3-5(9)6(10)2-4(7)8(11)12/h2-3H,10H2,1H3,(H,11,12). The quantitative estimate of drug-likeness (QED) is 0.714. The summed E-state index contributed by atoms with van der Waals surface area (Å²) in [5, 5.41) is 9.01. The minimum absolute atomic E-state index is 0.00407. The Balaban J connectivity index is 3.33. The summed E-state index contributed by atoms with van der Waals surface area (Å²) >= 11 is 5.67. The average molecular weight is 202 g/mol. The molecular formula is C8H8ClNO3. The van der Waals surface area contributed by atoms with Gasteiger partial charge in [0.1, 0.15) is 11.3 Å². The Bertz CT molecular complexity index is 351. The zero-order chi connectivity index (χ0) is 10.0. The summed E-state index contributed by atoms with van der Waals surface area (Å²) in [6, 6.07) is 2.64. The van der Waals surface area contributed by atoms with Crippen LogP contribution in [0.1, 0.15) is 10.4 Å². The molecule has 0 spiro atoms. The maximum absolute atomic E-state index is 10.7. The van der Waals surface area contributed by atoms with E-state index in [0.717, 1.165) is 0 Å². The van der Waals surface area contributed by atoms with Gasteiger partial charge in [0.15, 0.2) is 0 Å². The highest BCUT2D eigenvalue weighted by Gasteiger charge is 2.13. The minimum atomic E-state index is -1.10. The molecule has 3 N–H and O–H groups in total. The third-order valence-electron chi connectivity index (χ3n) is 1.55. The molecule has 1 aromatic carbocycles. The Morgan fingerprint density at radius 3 is 2.69 bits per heavy atom. The van der Waals surface area contributed by atoms with Crippen LogP contribution in [0.25, 0.3) is 0 Å². The van der Waals surface area contributed by atoms with Crippen molar-refractivity contribution in [3.8, 4) is 5.75 Å². The number of anilines is 1. The molecule has 70 valence electrons. The number of carboxylic acid groups (broad SMARTS) is 1. The highest BCUT2D eigenvalue weighted by Crippen LogP contribution is 2.28. The largest absolute Gasteiger partial charge is 0.496 e. The number of hydrogen-bond acceptors (Lipinski definition) is 3. The first-order chi connectivity index (χ1) is 6.06. The Kier molecular flexibility index (Phi) is 2.63. The number of nitrogens with two attached hydrogens (primary N) is 1. The van der Waals surface area contributed by atoms with Crippen LogP contribution in [0.15, 0.2) is 12.1 Å². The summed E-state index contributed by atoms with van der Waals surface area (Å²) in [6.45, 7) is 0. The Hall–Kier alpha value is -1.42. The van der Waals surface area contributed by atoms with Gasteiger partial charge >= 0.3 is 5.97 Å². The molecule has 0 bridgehead atoms. The first-order valence-corrected chi connectivity index (χ1v) is 3.80. The lowest BCUT2D eigenvalue weighted by Gasteiger charge is -2.06. The van der Waals surface area contributed by atoms with Crippen molar-refractivity contribution in [2.24, 2.45) is 0 Å². The van der Waals surface area contributed by atoms with Gasteiger partial charge in [0, 0.05) is 6.07 Å². The van der Waals surface area contributed by atoms with Gasteiger partial charge in [-0.25, -0.2) is 4.79 Å². The Labute approximate surface area is 79.9 Å². The molecule has 0 aliphatic heterocycles. The van der Waals surface area contributed by atoms with Gasteiger partial charge < -0.3 is 15.6 Å². The summed E-state index contributed by atoms with van der Waals surface area (Å²) in [4.78, 5) is 10.7. The molecule has 0 aromatic heterocycles. The highest BCUT2D eigenvalue weighted by molar-refractivity contribution is 6.33. The minimum Gasteiger partial charge on any atom is -0.496 e. The van der Waals surface area contributed by atoms with Crippen molar-refractivity contribution >= 4 is 23.3 Å². The predicted octanol–water partition coefficient (Wildman–Crippen LogP) is 1.63. The predicted molar refractivity (Wildman–Crippen MR) is 49.4 cm³/mol. The molecule has 0 saturated heterocycles. The lowest BCUT2D eigenvalue weighted by molar-refractivity contribution is 0.0693. The van der Waals surface area contributed by atoms with Crippen molar-refractivity contribution in [2.45, 2.75) is 0 Å². The van der Waals surface area contributed by atoms with Crippen molar-refractivity contribution in [1.29, 1.82) is 0 Å². The molecule has 0 heterocycles. The normalized spacial score (nSPS) is 9.69. The first-order valence-electron chi connectivity index (χ1n) is 3.42. The van der Waals surface area contributed by atoms with Crippen LogP contribution in [0, 0.1) is 0 Å². The third kappa shape index (κ3) is 1.84. The number of carboxylic acids is 1. The summed E-state index contributed by atoms with van der Waals surface area (Å²) in [5.74, 6) is -0.896. The van der Waals surface area contributed by atoms with Crippen molar-refractivity contribution in [1.82, 2.24) is 0 Å². The van der Waals surface area contributed by atoms with Crippen LogP contribution in [-0.2, 0) is 0 Å². The number of rotatable bonds is 2. The molecule has 0 radical (unpaired) electrons.